The molecule has 9 heteroatoms. The van der Waals surface area contributed by atoms with Crippen LogP contribution in [-0.4, -0.2) is 43.7 Å². The second-order valence-electron chi connectivity index (χ2n) is 7.94. The van der Waals surface area contributed by atoms with Crippen molar-refractivity contribution in [1.82, 2.24) is 19.5 Å². The summed E-state index contributed by atoms with van der Waals surface area (Å²) >= 11 is 0. The third-order valence-electron chi connectivity index (χ3n) is 5.37. The summed E-state index contributed by atoms with van der Waals surface area (Å²) in [6, 6.07) is 3.88. The van der Waals surface area contributed by atoms with E-state index in [0.717, 1.165) is 0 Å². The van der Waals surface area contributed by atoms with E-state index in [9.17, 15) is 15.2 Å². The molecule has 9 nitrogen and oxygen atoms in total. The van der Waals surface area contributed by atoms with Gasteiger partial charge in [0.15, 0.2) is 5.82 Å². The molecule has 0 saturated carbocycles. The Balaban J connectivity index is 1.81. The van der Waals surface area contributed by atoms with Gasteiger partial charge in [0, 0.05) is 18.9 Å². The zero-order valence-corrected chi connectivity index (χ0v) is 16.5. The summed E-state index contributed by atoms with van der Waals surface area (Å²) in [5, 5.41) is 22.1. The van der Waals surface area contributed by atoms with Gasteiger partial charge < -0.3 is 15.0 Å². The summed E-state index contributed by atoms with van der Waals surface area (Å²) in [5.74, 6) is 0.989. The molecule has 1 saturated heterocycles. The maximum absolute atomic E-state index is 12.9. The third kappa shape index (κ3) is 3.31. The van der Waals surface area contributed by atoms with Crippen molar-refractivity contribution >= 4 is 23.5 Å². The molecule has 1 amide bonds. The van der Waals surface area contributed by atoms with Crippen LogP contribution in [0.2, 0.25) is 0 Å². The summed E-state index contributed by atoms with van der Waals surface area (Å²) in [4.78, 5) is 27.3. The van der Waals surface area contributed by atoms with Crippen LogP contribution in [0.3, 0.4) is 0 Å². The van der Waals surface area contributed by atoms with Crippen molar-refractivity contribution in [2.75, 3.05) is 23.4 Å². The second-order valence-corrected chi connectivity index (χ2v) is 7.94. The first-order valence-electron chi connectivity index (χ1n) is 9.22. The van der Waals surface area contributed by atoms with Gasteiger partial charge in [-0.15, -0.1) is 0 Å². The van der Waals surface area contributed by atoms with E-state index in [4.69, 9.17) is 0 Å². The van der Waals surface area contributed by atoms with Crippen LogP contribution < -0.4 is 10.2 Å². The monoisotopic (exact) mass is 383 g/mol. The molecular weight excluding hydrogens is 358 g/mol. The SMILES string of the molecule is CC(C)[C@]1(C#N)CCN(c2ccnc(Nc3cn(C(C)(C)CO)cn3)n2)C1=O. The van der Waals surface area contributed by atoms with E-state index in [1.54, 1.807) is 34.3 Å². The lowest BCUT2D eigenvalue weighted by Crippen LogP contribution is -2.37. The van der Waals surface area contributed by atoms with Crippen molar-refractivity contribution in [1.29, 1.82) is 5.26 Å². The van der Waals surface area contributed by atoms with E-state index in [-0.39, 0.29) is 18.4 Å². The van der Waals surface area contributed by atoms with Crippen LogP contribution in [0.4, 0.5) is 17.6 Å². The lowest BCUT2D eigenvalue weighted by molar-refractivity contribution is -0.124. The third-order valence-corrected chi connectivity index (χ3v) is 5.37. The zero-order chi connectivity index (χ0) is 20.5. The molecular formula is C19H25N7O2. The first kappa shape index (κ1) is 19.8. The van der Waals surface area contributed by atoms with Crippen LogP contribution in [0.1, 0.15) is 34.1 Å². The number of nitriles is 1. The molecule has 3 rings (SSSR count). The Morgan fingerprint density at radius 2 is 2.18 bits per heavy atom. The molecule has 0 aromatic carbocycles. The van der Waals surface area contributed by atoms with Gasteiger partial charge in [0.2, 0.25) is 11.9 Å². The Morgan fingerprint density at radius 3 is 2.79 bits per heavy atom. The van der Waals surface area contributed by atoms with Crippen LogP contribution in [-0.2, 0) is 10.3 Å². The molecule has 2 aromatic heterocycles. The number of anilines is 3. The summed E-state index contributed by atoms with van der Waals surface area (Å²) < 4.78 is 1.80. The lowest BCUT2D eigenvalue weighted by atomic mass is 9.77. The molecule has 0 bridgehead atoms. The van der Waals surface area contributed by atoms with Gasteiger partial charge in [-0.2, -0.15) is 10.2 Å². The molecule has 0 unspecified atom stereocenters. The number of aliphatic hydroxyl groups is 1. The van der Waals surface area contributed by atoms with E-state index < -0.39 is 11.0 Å². The fourth-order valence-electron chi connectivity index (χ4n) is 3.20. The zero-order valence-electron chi connectivity index (χ0n) is 16.5. The Kier molecular flexibility index (Phi) is 5.08. The first-order valence-corrected chi connectivity index (χ1v) is 9.22. The number of aromatic nitrogens is 4. The normalized spacial score (nSPS) is 19.9. The van der Waals surface area contributed by atoms with Gasteiger partial charge in [0.25, 0.3) is 0 Å². The minimum atomic E-state index is -1.01. The van der Waals surface area contributed by atoms with Gasteiger partial charge in [0.1, 0.15) is 11.2 Å². The quantitative estimate of drug-likeness (QED) is 0.783. The van der Waals surface area contributed by atoms with Crippen molar-refractivity contribution in [2.24, 2.45) is 11.3 Å². The van der Waals surface area contributed by atoms with E-state index >= 15 is 0 Å². The summed E-state index contributed by atoms with van der Waals surface area (Å²) in [6.07, 6.45) is 5.42. The predicted molar refractivity (Wildman–Crippen MR) is 104 cm³/mol. The fraction of sp³-hybridized carbons (Fsp3) is 0.526. The molecule has 0 radical (unpaired) electrons. The molecule has 1 fully saturated rings. The number of carbonyl (C=O) groups excluding carboxylic acids is 1. The largest absolute Gasteiger partial charge is 0.394 e. The number of nitrogens with one attached hydrogen (secondary N) is 1. The van der Waals surface area contributed by atoms with Gasteiger partial charge in [0.05, 0.1) is 24.5 Å². The Labute approximate surface area is 164 Å². The van der Waals surface area contributed by atoms with Crippen LogP contribution in [0.25, 0.3) is 0 Å². The summed E-state index contributed by atoms with van der Waals surface area (Å²) in [7, 11) is 0. The second kappa shape index (κ2) is 7.20. The summed E-state index contributed by atoms with van der Waals surface area (Å²) in [6.45, 7) is 7.99. The van der Waals surface area contributed by atoms with Gasteiger partial charge in [-0.3, -0.25) is 9.69 Å². The predicted octanol–water partition coefficient (Wildman–Crippen LogP) is 2.05. The number of carbonyl (C=O) groups is 1. The molecule has 1 aliphatic heterocycles. The molecule has 1 aliphatic rings. The highest BCUT2D eigenvalue weighted by Gasteiger charge is 2.50. The highest BCUT2D eigenvalue weighted by Crippen LogP contribution is 2.40. The van der Waals surface area contributed by atoms with Gasteiger partial charge in [-0.1, -0.05) is 13.8 Å². The maximum Gasteiger partial charge on any atom is 0.248 e. The Morgan fingerprint density at radius 1 is 1.43 bits per heavy atom. The van der Waals surface area contributed by atoms with Crippen molar-refractivity contribution in [2.45, 2.75) is 39.7 Å². The first-order chi connectivity index (χ1) is 13.2. The number of aliphatic hydroxyl groups excluding tert-OH is 1. The lowest BCUT2D eigenvalue weighted by Gasteiger charge is -2.24. The smallest absolute Gasteiger partial charge is 0.248 e. The topological polar surface area (TPSA) is 120 Å². The standard InChI is InChI=1S/C19H25N7O2/c1-13(2)19(10-20)6-8-26(16(19)28)15-5-7-21-17(24-15)23-14-9-25(12-22-14)18(3,4)11-27/h5,7,9,12-13,27H,6,8,11H2,1-4H3,(H,21,23,24)/t19-/m1/s1. The Hall–Kier alpha value is -2.99. The number of hydrogen-bond acceptors (Lipinski definition) is 7. The van der Waals surface area contributed by atoms with Crippen molar-refractivity contribution in [3.8, 4) is 6.07 Å². The maximum atomic E-state index is 12.9. The molecule has 0 aliphatic carbocycles. The highest BCUT2D eigenvalue weighted by atomic mass is 16.3. The molecule has 28 heavy (non-hydrogen) atoms. The number of hydrogen-bond donors (Lipinski definition) is 2. The number of rotatable bonds is 6. The molecule has 2 N–H and O–H groups in total. The number of amides is 1. The van der Waals surface area contributed by atoms with Crippen molar-refractivity contribution in [3.05, 3.63) is 24.8 Å². The van der Waals surface area contributed by atoms with Gasteiger partial charge in [-0.05, 0) is 32.3 Å². The molecule has 148 valence electrons. The average molecular weight is 383 g/mol. The molecule has 2 aromatic rings. The Bertz CT molecular complexity index is 915. The van der Waals surface area contributed by atoms with E-state index in [0.29, 0.717) is 30.5 Å². The number of nitrogens with zero attached hydrogens (tertiary/aromatic N) is 6. The van der Waals surface area contributed by atoms with E-state index in [1.165, 1.54) is 0 Å². The van der Waals surface area contributed by atoms with Crippen molar-refractivity contribution in [3.63, 3.8) is 0 Å². The fourth-order valence-corrected chi connectivity index (χ4v) is 3.20. The van der Waals surface area contributed by atoms with Crippen LogP contribution in [0.5, 0.6) is 0 Å². The average Bonchev–Trinajstić information content (AvgIpc) is 3.27. The minimum absolute atomic E-state index is 0.0254. The minimum Gasteiger partial charge on any atom is -0.394 e. The van der Waals surface area contributed by atoms with Crippen LogP contribution in [0, 0.1) is 22.7 Å². The van der Waals surface area contributed by atoms with Crippen LogP contribution >= 0.6 is 0 Å². The molecule has 0 spiro atoms. The molecule has 3 heterocycles. The highest BCUT2D eigenvalue weighted by molar-refractivity contribution is 6.01. The van der Waals surface area contributed by atoms with Gasteiger partial charge >= 0.3 is 0 Å². The summed E-state index contributed by atoms with van der Waals surface area (Å²) in [5.41, 5.74) is -1.48. The number of imidazole rings is 1. The molecule has 1 atom stereocenters. The van der Waals surface area contributed by atoms with Crippen LogP contribution in [0.15, 0.2) is 24.8 Å². The van der Waals surface area contributed by atoms with E-state index in [2.05, 4.69) is 26.3 Å². The van der Waals surface area contributed by atoms with Crippen molar-refractivity contribution < 1.29 is 9.90 Å². The van der Waals surface area contributed by atoms with Gasteiger partial charge in [-0.25, -0.2) is 9.97 Å². The van der Waals surface area contributed by atoms with E-state index in [1.807, 2.05) is 27.7 Å².